The van der Waals surface area contributed by atoms with Crippen molar-refractivity contribution in [2.45, 2.75) is 24.9 Å². The molecule has 1 rings (SSSR count). The fourth-order valence-electron chi connectivity index (χ4n) is 1.91. The quantitative estimate of drug-likeness (QED) is 0.598. The van der Waals surface area contributed by atoms with Gasteiger partial charge in [-0.25, -0.2) is 0 Å². The molecular formula is C12H7F9O3S. The Hall–Kier alpha value is -1.76. The molecule has 0 saturated heterocycles. The van der Waals surface area contributed by atoms with E-state index < -0.39 is 56.7 Å². The summed E-state index contributed by atoms with van der Waals surface area (Å²) in [6.07, 6.45) is -19.7. The third-order valence-corrected chi connectivity index (χ3v) is 3.80. The minimum absolute atomic E-state index is 0.345. The van der Waals surface area contributed by atoms with Crippen LogP contribution >= 0.6 is 0 Å². The van der Waals surface area contributed by atoms with Gasteiger partial charge < -0.3 is 0 Å². The van der Waals surface area contributed by atoms with E-state index >= 15 is 0 Å². The van der Waals surface area contributed by atoms with Crippen LogP contribution in [-0.2, 0) is 22.7 Å². The van der Waals surface area contributed by atoms with Gasteiger partial charge in [-0.3, -0.25) is 4.55 Å². The van der Waals surface area contributed by atoms with Crippen LogP contribution in [0.4, 0.5) is 39.5 Å². The molecular weight excluding hydrogens is 395 g/mol. The monoisotopic (exact) mass is 402 g/mol. The summed E-state index contributed by atoms with van der Waals surface area (Å²) < 4.78 is 145. The summed E-state index contributed by atoms with van der Waals surface area (Å²) in [5.41, 5.74) is -6.42. The highest BCUT2D eigenvalue weighted by atomic mass is 32.2. The van der Waals surface area contributed by atoms with Crippen molar-refractivity contribution in [1.29, 1.82) is 0 Å². The molecule has 0 aliphatic rings. The van der Waals surface area contributed by atoms with E-state index in [1.165, 1.54) is 0 Å². The van der Waals surface area contributed by atoms with Crippen LogP contribution in [0.3, 0.4) is 0 Å². The summed E-state index contributed by atoms with van der Waals surface area (Å²) >= 11 is 0. The lowest BCUT2D eigenvalue weighted by Gasteiger charge is -2.20. The van der Waals surface area contributed by atoms with E-state index in [1.54, 1.807) is 0 Å². The minimum Gasteiger partial charge on any atom is -0.282 e. The molecule has 0 heterocycles. The zero-order valence-corrected chi connectivity index (χ0v) is 12.4. The first-order chi connectivity index (χ1) is 11.0. The minimum atomic E-state index is -6.28. The molecule has 0 radical (unpaired) electrons. The maximum atomic E-state index is 12.8. The summed E-state index contributed by atoms with van der Waals surface area (Å²) in [6.45, 7) is 0. The van der Waals surface area contributed by atoms with Crippen LogP contribution in [-0.4, -0.2) is 25.3 Å². The second kappa shape index (κ2) is 6.52. The summed E-state index contributed by atoms with van der Waals surface area (Å²) in [5.74, 6) is 0. The van der Waals surface area contributed by atoms with Crippen molar-refractivity contribution >= 4 is 10.1 Å². The lowest BCUT2D eigenvalue weighted by molar-refractivity contribution is -0.172. The van der Waals surface area contributed by atoms with E-state index in [4.69, 9.17) is 4.55 Å². The first kappa shape index (κ1) is 21.3. The Morgan fingerprint density at radius 1 is 0.880 bits per heavy atom. The number of hydrogen-bond acceptors (Lipinski definition) is 2. The second-order valence-electron chi connectivity index (χ2n) is 4.60. The molecule has 13 heteroatoms. The standard InChI is InChI=1S/C12H7F9O3S/c13-10(14,15)7-4-2-1-3-6(7)5-8(25(22,23)24)9(11(16,17)18)12(19,20)21/h1-4H,5H2,(H,22,23,24). The molecule has 0 aliphatic carbocycles. The fourth-order valence-corrected chi connectivity index (χ4v) is 2.74. The Kier molecular flexibility index (Phi) is 5.55. The van der Waals surface area contributed by atoms with Crippen molar-refractivity contribution in [2.24, 2.45) is 0 Å². The van der Waals surface area contributed by atoms with Gasteiger partial charge in [-0.1, -0.05) is 18.2 Å². The Labute approximate surface area is 134 Å². The molecule has 1 aromatic carbocycles. The van der Waals surface area contributed by atoms with E-state index in [-0.39, 0.29) is 0 Å². The number of halogens is 9. The van der Waals surface area contributed by atoms with Gasteiger partial charge in [-0.05, 0) is 11.6 Å². The Morgan fingerprint density at radius 2 is 1.32 bits per heavy atom. The predicted molar refractivity (Wildman–Crippen MR) is 65.8 cm³/mol. The summed E-state index contributed by atoms with van der Waals surface area (Å²) in [4.78, 5) is -2.62. The van der Waals surface area contributed by atoms with E-state index in [0.29, 0.717) is 12.1 Å². The molecule has 1 aromatic rings. The van der Waals surface area contributed by atoms with Crippen molar-refractivity contribution in [2.75, 3.05) is 0 Å². The molecule has 0 atom stereocenters. The molecule has 0 bridgehead atoms. The molecule has 0 amide bonds. The second-order valence-corrected chi connectivity index (χ2v) is 6.04. The van der Waals surface area contributed by atoms with Crippen LogP contribution in [0, 0.1) is 0 Å². The SMILES string of the molecule is O=S(=O)(O)C(Cc1ccccc1C(F)(F)F)=C(C(F)(F)F)C(F)(F)F. The van der Waals surface area contributed by atoms with E-state index in [9.17, 15) is 47.9 Å². The van der Waals surface area contributed by atoms with Crippen LogP contribution < -0.4 is 0 Å². The summed E-state index contributed by atoms with van der Waals surface area (Å²) in [6, 6.07) is 2.50. The van der Waals surface area contributed by atoms with Crippen LogP contribution in [0.25, 0.3) is 0 Å². The number of benzene rings is 1. The highest BCUT2D eigenvalue weighted by Gasteiger charge is 2.55. The molecule has 0 aliphatic heterocycles. The van der Waals surface area contributed by atoms with Gasteiger partial charge in [-0.2, -0.15) is 47.9 Å². The maximum absolute atomic E-state index is 12.8. The topological polar surface area (TPSA) is 54.4 Å². The van der Waals surface area contributed by atoms with Gasteiger partial charge in [0, 0.05) is 6.42 Å². The zero-order chi connectivity index (χ0) is 19.8. The van der Waals surface area contributed by atoms with Crippen LogP contribution in [0.1, 0.15) is 11.1 Å². The van der Waals surface area contributed by atoms with Crippen molar-refractivity contribution in [3.63, 3.8) is 0 Å². The van der Waals surface area contributed by atoms with Gasteiger partial charge in [0.15, 0.2) is 5.57 Å². The number of rotatable bonds is 3. The average Bonchev–Trinajstić information content (AvgIpc) is 2.32. The molecule has 0 unspecified atom stereocenters. The Morgan fingerprint density at radius 3 is 1.68 bits per heavy atom. The first-order valence-corrected chi connectivity index (χ1v) is 7.40. The number of allylic oxidation sites excluding steroid dienone is 2. The molecule has 0 saturated carbocycles. The normalized spacial score (nSPS) is 13.7. The Balaban J connectivity index is 3.76. The third kappa shape index (κ3) is 5.36. The molecule has 1 N–H and O–H groups in total. The van der Waals surface area contributed by atoms with E-state index in [2.05, 4.69) is 0 Å². The van der Waals surface area contributed by atoms with Gasteiger partial charge in [-0.15, -0.1) is 0 Å². The maximum Gasteiger partial charge on any atom is 0.422 e. The van der Waals surface area contributed by atoms with Crippen molar-refractivity contribution in [1.82, 2.24) is 0 Å². The molecule has 25 heavy (non-hydrogen) atoms. The van der Waals surface area contributed by atoms with Gasteiger partial charge >= 0.3 is 18.5 Å². The van der Waals surface area contributed by atoms with Gasteiger partial charge in [0.25, 0.3) is 10.1 Å². The summed E-state index contributed by atoms with van der Waals surface area (Å²) in [5, 5.41) is 0. The molecule has 3 nitrogen and oxygen atoms in total. The highest BCUT2D eigenvalue weighted by molar-refractivity contribution is 7.89. The fraction of sp³-hybridized carbons (Fsp3) is 0.333. The average molecular weight is 402 g/mol. The highest BCUT2D eigenvalue weighted by Crippen LogP contribution is 2.43. The van der Waals surface area contributed by atoms with Crippen molar-refractivity contribution in [3.05, 3.63) is 45.9 Å². The van der Waals surface area contributed by atoms with Crippen LogP contribution in [0.2, 0.25) is 0 Å². The molecule has 0 aromatic heterocycles. The molecule has 142 valence electrons. The van der Waals surface area contributed by atoms with E-state index in [0.717, 1.165) is 12.1 Å². The molecule has 0 spiro atoms. The van der Waals surface area contributed by atoms with Crippen LogP contribution in [0.5, 0.6) is 0 Å². The smallest absolute Gasteiger partial charge is 0.282 e. The lowest BCUT2D eigenvalue weighted by Crippen LogP contribution is -2.31. The summed E-state index contributed by atoms with van der Waals surface area (Å²) in [7, 11) is -6.12. The Bertz CT molecular complexity index is 754. The third-order valence-electron chi connectivity index (χ3n) is 2.83. The van der Waals surface area contributed by atoms with Gasteiger partial charge in [0.05, 0.1) is 10.5 Å². The molecule has 0 fully saturated rings. The van der Waals surface area contributed by atoms with E-state index in [1.807, 2.05) is 0 Å². The van der Waals surface area contributed by atoms with Gasteiger partial charge in [0.1, 0.15) is 0 Å². The number of hydrogen-bond donors (Lipinski definition) is 1. The van der Waals surface area contributed by atoms with Crippen molar-refractivity contribution < 1.29 is 52.5 Å². The van der Waals surface area contributed by atoms with Crippen LogP contribution in [0.15, 0.2) is 34.7 Å². The lowest BCUT2D eigenvalue weighted by atomic mass is 10.0. The van der Waals surface area contributed by atoms with Gasteiger partial charge in [0.2, 0.25) is 0 Å². The zero-order valence-electron chi connectivity index (χ0n) is 11.6. The number of alkyl halides is 9. The van der Waals surface area contributed by atoms with Crippen molar-refractivity contribution in [3.8, 4) is 0 Å². The predicted octanol–water partition coefficient (Wildman–Crippen LogP) is 4.51. The first-order valence-electron chi connectivity index (χ1n) is 5.96. The largest absolute Gasteiger partial charge is 0.422 e.